The van der Waals surface area contributed by atoms with Crippen molar-refractivity contribution in [2.45, 2.75) is 39.3 Å². The van der Waals surface area contributed by atoms with E-state index in [-0.39, 0.29) is 0 Å². The first-order valence-corrected chi connectivity index (χ1v) is 7.94. The number of hydrogen-bond donors (Lipinski definition) is 1. The molecule has 1 heterocycles. The Hall–Kier alpha value is -1.06. The molecule has 1 fully saturated rings. The molecule has 20 heavy (non-hydrogen) atoms. The van der Waals surface area contributed by atoms with E-state index in [0.717, 1.165) is 26.2 Å². The number of benzene rings is 1. The van der Waals surface area contributed by atoms with Gasteiger partial charge in [-0.2, -0.15) is 0 Å². The zero-order valence-corrected chi connectivity index (χ0v) is 13.4. The van der Waals surface area contributed by atoms with Gasteiger partial charge in [0.2, 0.25) is 0 Å². The van der Waals surface area contributed by atoms with Gasteiger partial charge in [0.05, 0.1) is 0 Å². The number of rotatable bonds is 5. The Morgan fingerprint density at radius 2 is 1.90 bits per heavy atom. The van der Waals surface area contributed by atoms with Crippen molar-refractivity contribution < 1.29 is 0 Å². The predicted molar refractivity (Wildman–Crippen MR) is 87.5 cm³/mol. The highest BCUT2D eigenvalue weighted by Crippen LogP contribution is 2.22. The molecule has 2 atom stereocenters. The van der Waals surface area contributed by atoms with Crippen LogP contribution in [0.1, 0.15) is 38.8 Å². The highest BCUT2D eigenvalue weighted by molar-refractivity contribution is 5.48. The number of nitrogens with zero attached hydrogens (tertiary/aromatic N) is 2. The van der Waals surface area contributed by atoms with E-state index in [1.54, 1.807) is 0 Å². The Bertz CT molecular complexity index is 401. The van der Waals surface area contributed by atoms with Gasteiger partial charge in [0.15, 0.2) is 0 Å². The van der Waals surface area contributed by atoms with E-state index in [2.05, 4.69) is 67.2 Å². The normalized spacial score (nSPS) is 22.0. The fourth-order valence-electron chi connectivity index (χ4n) is 3.02. The van der Waals surface area contributed by atoms with Gasteiger partial charge in [0.25, 0.3) is 0 Å². The smallest absolute Gasteiger partial charge is 0.0367 e. The minimum absolute atomic E-state index is 0.435. The average Bonchev–Trinajstić information content (AvgIpc) is 2.48. The molecule has 1 aliphatic rings. The molecule has 1 aromatic rings. The largest absolute Gasteiger partial charge is 0.369 e. The minimum Gasteiger partial charge on any atom is -0.369 e. The summed E-state index contributed by atoms with van der Waals surface area (Å²) in [6, 6.07) is 10.2. The first-order valence-electron chi connectivity index (χ1n) is 7.94. The summed E-state index contributed by atoms with van der Waals surface area (Å²) in [5.74, 6) is 0. The zero-order chi connectivity index (χ0) is 14.5. The second kappa shape index (κ2) is 7.09. The van der Waals surface area contributed by atoms with Crippen LogP contribution in [0.2, 0.25) is 0 Å². The topological polar surface area (TPSA) is 18.5 Å². The van der Waals surface area contributed by atoms with Crippen LogP contribution in [-0.4, -0.2) is 44.2 Å². The van der Waals surface area contributed by atoms with E-state index in [0.29, 0.717) is 12.1 Å². The Morgan fingerprint density at radius 3 is 2.50 bits per heavy atom. The van der Waals surface area contributed by atoms with Crippen molar-refractivity contribution in [3.05, 3.63) is 29.8 Å². The molecular weight excluding hydrogens is 246 g/mol. The molecule has 1 saturated heterocycles. The van der Waals surface area contributed by atoms with Gasteiger partial charge in [-0.1, -0.05) is 26.0 Å². The molecule has 1 N–H and O–H groups in total. The van der Waals surface area contributed by atoms with Crippen molar-refractivity contribution in [1.29, 1.82) is 0 Å². The molecular formula is C17H29N3. The number of likely N-dealkylation sites (N-methyl/N-ethyl adjacent to an activating group) is 1. The number of nitrogens with one attached hydrogen (secondary N) is 1. The van der Waals surface area contributed by atoms with E-state index < -0.39 is 0 Å². The summed E-state index contributed by atoms with van der Waals surface area (Å²) in [4.78, 5) is 5.01. The van der Waals surface area contributed by atoms with E-state index in [9.17, 15) is 0 Å². The summed E-state index contributed by atoms with van der Waals surface area (Å²) < 4.78 is 0. The van der Waals surface area contributed by atoms with E-state index in [4.69, 9.17) is 0 Å². The van der Waals surface area contributed by atoms with Crippen molar-refractivity contribution in [2.24, 2.45) is 0 Å². The average molecular weight is 275 g/mol. The summed E-state index contributed by atoms with van der Waals surface area (Å²) in [5.41, 5.74) is 2.74. The number of hydrogen-bond acceptors (Lipinski definition) is 3. The molecule has 0 bridgehead atoms. The maximum absolute atomic E-state index is 3.46. The van der Waals surface area contributed by atoms with E-state index in [1.807, 2.05) is 0 Å². The van der Waals surface area contributed by atoms with Crippen LogP contribution in [0.4, 0.5) is 5.69 Å². The maximum atomic E-state index is 3.46. The molecule has 2 unspecified atom stereocenters. The lowest BCUT2D eigenvalue weighted by Gasteiger charge is -2.40. The van der Waals surface area contributed by atoms with E-state index >= 15 is 0 Å². The summed E-state index contributed by atoms with van der Waals surface area (Å²) in [6.45, 7) is 11.1. The molecule has 0 radical (unpaired) electrons. The Morgan fingerprint density at radius 1 is 1.20 bits per heavy atom. The standard InChI is InChI=1S/C17H29N3/c1-5-16-13-20(12-11-19(16)4)17-9-7-15(8-10-17)14(3)18-6-2/h7-10,14,16,18H,5-6,11-13H2,1-4H3. The van der Waals surface area contributed by atoms with Crippen molar-refractivity contribution >= 4 is 5.69 Å². The SMILES string of the molecule is CCNC(C)c1ccc(N2CCN(C)C(CC)C2)cc1. The number of piperazine rings is 1. The summed E-state index contributed by atoms with van der Waals surface area (Å²) in [7, 11) is 2.24. The first-order chi connectivity index (χ1) is 9.65. The minimum atomic E-state index is 0.435. The van der Waals surface area contributed by atoms with Gasteiger partial charge in [-0.05, 0) is 44.6 Å². The van der Waals surface area contributed by atoms with E-state index in [1.165, 1.54) is 17.7 Å². The van der Waals surface area contributed by atoms with Crippen LogP contribution >= 0.6 is 0 Å². The molecule has 1 aliphatic heterocycles. The van der Waals surface area contributed by atoms with Gasteiger partial charge < -0.3 is 10.2 Å². The molecule has 0 aliphatic carbocycles. The molecule has 0 amide bonds. The summed E-state index contributed by atoms with van der Waals surface area (Å²) in [6.07, 6.45) is 1.22. The fraction of sp³-hybridized carbons (Fsp3) is 0.647. The Balaban J connectivity index is 2.03. The van der Waals surface area contributed by atoms with Crippen LogP contribution in [0.3, 0.4) is 0 Å². The first kappa shape index (κ1) is 15.3. The molecule has 0 saturated carbocycles. The highest BCUT2D eigenvalue weighted by Gasteiger charge is 2.22. The van der Waals surface area contributed by atoms with Gasteiger partial charge in [0, 0.05) is 37.4 Å². The quantitative estimate of drug-likeness (QED) is 0.891. The molecule has 0 spiro atoms. The Kier molecular flexibility index (Phi) is 5.44. The van der Waals surface area contributed by atoms with Crippen LogP contribution in [0.5, 0.6) is 0 Å². The lowest BCUT2D eigenvalue weighted by atomic mass is 10.1. The zero-order valence-electron chi connectivity index (χ0n) is 13.4. The predicted octanol–water partition coefficient (Wildman–Crippen LogP) is 2.89. The lowest BCUT2D eigenvalue weighted by molar-refractivity contribution is 0.213. The van der Waals surface area contributed by atoms with Gasteiger partial charge in [-0.25, -0.2) is 0 Å². The van der Waals surface area contributed by atoms with Crippen molar-refractivity contribution in [3.63, 3.8) is 0 Å². The molecule has 1 aromatic carbocycles. The van der Waals surface area contributed by atoms with Crippen molar-refractivity contribution in [3.8, 4) is 0 Å². The molecule has 3 heteroatoms. The number of anilines is 1. The highest BCUT2D eigenvalue weighted by atomic mass is 15.3. The van der Waals surface area contributed by atoms with Crippen LogP contribution in [0, 0.1) is 0 Å². The summed E-state index contributed by atoms with van der Waals surface area (Å²) in [5, 5.41) is 3.46. The third-order valence-corrected chi connectivity index (χ3v) is 4.52. The van der Waals surface area contributed by atoms with Crippen molar-refractivity contribution in [1.82, 2.24) is 10.2 Å². The lowest BCUT2D eigenvalue weighted by Crippen LogP contribution is -2.51. The van der Waals surface area contributed by atoms with Crippen LogP contribution < -0.4 is 10.2 Å². The van der Waals surface area contributed by atoms with Crippen LogP contribution in [-0.2, 0) is 0 Å². The van der Waals surface area contributed by atoms with Crippen LogP contribution in [0.15, 0.2) is 24.3 Å². The van der Waals surface area contributed by atoms with Gasteiger partial charge in [-0.15, -0.1) is 0 Å². The third kappa shape index (κ3) is 3.53. The Labute approximate surface area is 124 Å². The van der Waals surface area contributed by atoms with Gasteiger partial charge in [-0.3, -0.25) is 4.90 Å². The molecule has 112 valence electrons. The van der Waals surface area contributed by atoms with Crippen LogP contribution in [0.25, 0.3) is 0 Å². The molecule has 3 nitrogen and oxygen atoms in total. The monoisotopic (exact) mass is 275 g/mol. The second-order valence-electron chi connectivity index (χ2n) is 5.86. The second-order valence-corrected chi connectivity index (χ2v) is 5.86. The summed E-state index contributed by atoms with van der Waals surface area (Å²) >= 11 is 0. The maximum Gasteiger partial charge on any atom is 0.0367 e. The molecule has 0 aromatic heterocycles. The van der Waals surface area contributed by atoms with Crippen molar-refractivity contribution in [2.75, 3.05) is 38.1 Å². The molecule has 2 rings (SSSR count). The fourth-order valence-corrected chi connectivity index (χ4v) is 3.02. The third-order valence-electron chi connectivity index (χ3n) is 4.52. The van der Waals surface area contributed by atoms with Gasteiger partial charge in [0.1, 0.15) is 0 Å². The van der Waals surface area contributed by atoms with Gasteiger partial charge >= 0.3 is 0 Å².